The van der Waals surface area contributed by atoms with E-state index in [-0.39, 0.29) is 12.1 Å². The molecule has 1 aliphatic carbocycles. The van der Waals surface area contributed by atoms with Crippen molar-refractivity contribution in [2.45, 2.75) is 57.1 Å². The Labute approximate surface area is 155 Å². The predicted octanol–water partition coefficient (Wildman–Crippen LogP) is 4.11. The van der Waals surface area contributed by atoms with Crippen LogP contribution < -0.4 is 0 Å². The molecule has 2 heterocycles. The first-order valence-corrected chi connectivity index (χ1v) is 9.85. The highest BCUT2D eigenvalue weighted by Gasteiger charge is 2.38. The highest BCUT2D eigenvalue weighted by molar-refractivity contribution is 5.19. The fourth-order valence-electron chi connectivity index (χ4n) is 4.67. The molecule has 0 amide bonds. The van der Waals surface area contributed by atoms with Gasteiger partial charge in [0.2, 0.25) is 5.89 Å². The van der Waals surface area contributed by atoms with Crippen LogP contribution in [0.4, 0.5) is 0 Å². The number of ether oxygens (including phenoxy) is 1. The number of nitrogens with zero attached hydrogens (tertiary/aromatic N) is 3. The monoisotopic (exact) mass is 355 g/mol. The van der Waals surface area contributed by atoms with Crippen LogP contribution in [-0.2, 0) is 4.74 Å². The molecule has 5 nitrogen and oxygen atoms in total. The number of rotatable bonds is 5. The lowest BCUT2D eigenvalue weighted by Crippen LogP contribution is -2.32. The van der Waals surface area contributed by atoms with Gasteiger partial charge in [-0.1, -0.05) is 35.5 Å². The number of likely N-dealkylation sites (tertiary alicyclic amines) is 1. The molecule has 0 N–H and O–H groups in total. The predicted molar refractivity (Wildman–Crippen MR) is 99.9 cm³/mol. The molecule has 2 atom stereocenters. The van der Waals surface area contributed by atoms with Gasteiger partial charge in [0, 0.05) is 20.2 Å². The summed E-state index contributed by atoms with van der Waals surface area (Å²) in [5, 5.41) is 3.98. The van der Waals surface area contributed by atoms with Crippen LogP contribution in [0.25, 0.3) is 0 Å². The Hall–Kier alpha value is -1.72. The van der Waals surface area contributed by atoms with Gasteiger partial charge in [-0.3, -0.25) is 4.90 Å². The summed E-state index contributed by atoms with van der Waals surface area (Å²) in [6.45, 7) is 3.94. The van der Waals surface area contributed by atoms with E-state index in [1.54, 1.807) is 7.11 Å². The zero-order valence-corrected chi connectivity index (χ0v) is 15.8. The molecule has 0 spiro atoms. The van der Waals surface area contributed by atoms with E-state index in [4.69, 9.17) is 9.26 Å². The summed E-state index contributed by atoms with van der Waals surface area (Å²) in [5.41, 5.74) is 1.51. The molecule has 0 radical (unpaired) electrons. The largest absolute Gasteiger partial charge is 0.380 e. The molecule has 1 aromatic carbocycles. The summed E-state index contributed by atoms with van der Waals surface area (Å²) in [6.07, 6.45) is 6.37. The van der Waals surface area contributed by atoms with E-state index in [0.717, 1.165) is 37.2 Å². The molecule has 0 bridgehead atoms. The van der Waals surface area contributed by atoms with Crippen molar-refractivity contribution in [3.8, 4) is 0 Å². The summed E-state index contributed by atoms with van der Waals surface area (Å²) in [4.78, 5) is 6.99. The molecule has 1 aromatic heterocycles. The second kappa shape index (κ2) is 7.89. The van der Waals surface area contributed by atoms with E-state index in [1.807, 2.05) is 6.92 Å². The van der Waals surface area contributed by atoms with Gasteiger partial charge in [0.25, 0.3) is 0 Å². The lowest BCUT2D eigenvalue weighted by atomic mass is 9.78. The van der Waals surface area contributed by atoms with Crippen LogP contribution in [0.15, 0.2) is 34.9 Å². The second-order valence-electron chi connectivity index (χ2n) is 7.87. The summed E-state index contributed by atoms with van der Waals surface area (Å²) < 4.78 is 11.1. The first kappa shape index (κ1) is 17.7. The standard InChI is InChI=1S/C21H29N3O2/c1-15-22-21(26-23-15)20-12-19(25-2)14-24(20)13-16-8-10-18(11-9-16)17-6-4-3-5-7-17/h3-7,16,18-20H,8-14H2,1-2H3. The third-order valence-corrected chi connectivity index (χ3v) is 6.14. The smallest absolute Gasteiger partial charge is 0.244 e. The number of hydrogen-bond donors (Lipinski definition) is 0. The average Bonchev–Trinajstić information content (AvgIpc) is 3.29. The topological polar surface area (TPSA) is 51.4 Å². The zero-order chi connectivity index (χ0) is 17.9. The molecule has 2 fully saturated rings. The van der Waals surface area contributed by atoms with E-state index in [2.05, 4.69) is 45.4 Å². The zero-order valence-electron chi connectivity index (χ0n) is 15.8. The summed E-state index contributed by atoms with van der Waals surface area (Å²) in [6, 6.07) is 11.2. The Morgan fingerprint density at radius 2 is 1.92 bits per heavy atom. The second-order valence-corrected chi connectivity index (χ2v) is 7.87. The molecule has 5 heteroatoms. The van der Waals surface area contributed by atoms with Crippen molar-refractivity contribution in [1.29, 1.82) is 0 Å². The van der Waals surface area contributed by atoms with Crippen molar-refractivity contribution in [3.63, 3.8) is 0 Å². The van der Waals surface area contributed by atoms with Crippen LogP contribution in [0, 0.1) is 12.8 Å². The van der Waals surface area contributed by atoms with Gasteiger partial charge in [0.05, 0.1) is 12.1 Å². The van der Waals surface area contributed by atoms with Crippen LogP contribution >= 0.6 is 0 Å². The number of aryl methyl sites for hydroxylation is 1. The number of methoxy groups -OCH3 is 1. The third kappa shape index (κ3) is 3.84. The Kier molecular flexibility index (Phi) is 5.36. The quantitative estimate of drug-likeness (QED) is 0.808. The number of benzene rings is 1. The highest BCUT2D eigenvalue weighted by Crippen LogP contribution is 2.39. The molecule has 140 valence electrons. The minimum atomic E-state index is 0.202. The third-order valence-electron chi connectivity index (χ3n) is 6.14. The fourth-order valence-corrected chi connectivity index (χ4v) is 4.67. The Morgan fingerprint density at radius 1 is 1.15 bits per heavy atom. The molecule has 2 aliphatic rings. The molecular formula is C21H29N3O2. The van der Waals surface area contributed by atoms with Gasteiger partial charge in [0.1, 0.15) is 0 Å². The molecular weight excluding hydrogens is 326 g/mol. The van der Waals surface area contributed by atoms with Gasteiger partial charge in [-0.25, -0.2) is 0 Å². The lowest BCUT2D eigenvalue weighted by Gasteiger charge is -2.33. The van der Waals surface area contributed by atoms with Gasteiger partial charge in [-0.05, 0) is 56.4 Å². The van der Waals surface area contributed by atoms with Crippen LogP contribution in [0.2, 0.25) is 0 Å². The highest BCUT2D eigenvalue weighted by atomic mass is 16.5. The van der Waals surface area contributed by atoms with Crippen molar-refractivity contribution in [2.24, 2.45) is 5.92 Å². The SMILES string of the molecule is COC1CC(c2nc(C)no2)N(CC2CCC(c3ccccc3)CC2)C1. The van der Waals surface area contributed by atoms with Gasteiger partial charge in [0.15, 0.2) is 5.82 Å². The van der Waals surface area contributed by atoms with Gasteiger partial charge >= 0.3 is 0 Å². The Morgan fingerprint density at radius 3 is 2.58 bits per heavy atom. The van der Waals surface area contributed by atoms with Crippen LogP contribution in [0.5, 0.6) is 0 Å². The van der Waals surface area contributed by atoms with Gasteiger partial charge in [-0.2, -0.15) is 4.98 Å². The molecule has 4 rings (SSSR count). The first-order chi connectivity index (χ1) is 12.7. The summed E-state index contributed by atoms with van der Waals surface area (Å²) >= 11 is 0. The Balaban J connectivity index is 1.37. The van der Waals surface area contributed by atoms with E-state index < -0.39 is 0 Å². The maximum absolute atomic E-state index is 5.63. The fraction of sp³-hybridized carbons (Fsp3) is 0.619. The van der Waals surface area contributed by atoms with E-state index in [0.29, 0.717) is 5.82 Å². The minimum absolute atomic E-state index is 0.202. The van der Waals surface area contributed by atoms with Crippen LogP contribution in [0.3, 0.4) is 0 Å². The minimum Gasteiger partial charge on any atom is -0.380 e. The molecule has 1 saturated carbocycles. The van der Waals surface area contributed by atoms with Crippen molar-refractivity contribution >= 4 is 0 Å². The Bertz CT molecular complexity index is 694. The number of aromatic nitrogens is 2. The average molecular weight is 355 g/mol. The molecule has 2 aromatic rings. The first-order valence-electron chi connectivity index (χ1n) is 9.85. The molecule has 2 unspecified atom stereocenters. The van der Waals surface area contributed by atoms with Crippen molar-refractivity contribution in [3.05, 3.63) is 47.6 Å². The van der Waals surface area contributed by atoms with Crippen molar-refractivity contribution < 1.29 is 9.26 Å². The lowest BCUT2D eigenvalue weighted by molar-refractivity contribution is 0.103. The van der Waals surface area contributed by atoms with E-state index in [9.17, 15) is 0 Å². The van der Waals surface area contributed by atoms with Crippen molar-refractivity contribution in [2.75, 3.05) is 20.2 Å². The van der Waals surface area contributed by atoms with E-state index in [1.165, 1.54) is 31.2 Å². The molecule has 26 heavy (non-hydrogen) atoms. The van der Waals surface area contributed by atoms with Gasteiger partial charge < -0.3 is 9.26 Å². The summed E-state index contributed by atoms with van der Waals surface area (Å²) in [7, 11) is 1.80. The van der Waals surface area contributed by atoms with Crippen LogP contribution in [-0.4, -0.2) is 41.3 Å². The van der Waals surface area contributed by atoms with Gasteiger partial charge in [-0.15, -0.1) is 0 Å². The van der Waals surface area contributed by atoms with E-state index >= 15 is 0 Å². The number of hydrogen-bond acceptors (Lipinski definition) is 5. The van der Waals surface area contributed by atoms with Crippen LogP contribution in [0.1, 0.15) is 61.3 Å². The molecule has 1 aliphatic heterocycles. The maximum atomic E-state index is 5.63. The van der Waals surface area contributed by atoms with Crippen molar-refractivity contribution in [1.82, 2.24) is 15.0 Å². The normalized spacial score (nSPS) is 29.9. The maximum Gasteiger partial charge on any atom is 0.244 e. The summed E-state index contributed by atoms with van der Waals surface area (Å²) in [5.74, 6) is 2.94. The molecule has 1 saturated heterocycles.